The molecule has 8 heteroatoms. The van der Waals surface area contributed by atoms with Crippen LogP contribution in [0.25, 0.3) is 0 Å². The van der Waals surface area contributed by atoms with Crippen LogP contribution in [0.4, 0.5) is 4.39 Å². The molecule has 0 spiro atoms. The third-order valence-electron chi connectivity index (χ3n) is 5.54. The van der Waals surface area contributed by atoms with E-state index in [4.69, 9.17) is 9.84 Å². The van der Waals surface area contributed by atoms with Crippen molar-refractivity contribution in [2.24, 2.45) is 0 Å². The molecule has 0 saturated carbocycles. The number of aryl methyl sites for hydroxylation is 1. The Morgan fingerprint density at radius 1 is 1.18 bits per heavy atom. The minimum Gasteiger partial charge on any atom is -0.480 e. The van der Waals surface area contributed by atoms with Gasteiger partial charge in [-0.05, 0) is 50.1 Å². The summed E-state index contributed by atoms with van der Waals surface area (Å²) in [6.07, 6.45) is 1.95. The first kappa shape index (κ1) is 25.9. The average molecular weight is 486 g/mol. The first-order valence-electron chi connectivity index (χ1n) is 11.2. The predicted octanol–water partition coefficient (Wildman–Crippen LogP) is 4.98. The third kappa shape index (κ3) is 7.16. The van der Waals surface area contributed by atoms with Gasteiger partial charge in [-0.3, -0.25) is 14.4 Å². The molecule has 1 heterocycles. The summed E-state index contributed by atoms with van der Waals surface area (Å²) in [5.41, 5.74) is 3.73. The number of ether oxygens (including phenoxy) is 1. The lowest BCUT2D eigenvalue weighted by Crippen LogP contribution is -2.27. The van der Waals surface area contributed by atoms with E-state index in [0.717, 1.165) is 28.3 Å². The number of aromatic nitrogens is 2. The zero-order chi connectivity index (χ0) is 24.7. The molecule has 0 atom stereocenters. The van der Waals surface area contributed by atoms with Crippen LogP contribution in [0.3, 0.4) is 0 Å². The molecule has 3 rings (SSSR count). The van der Waals surface area contributed by atoms with Crippen molar-refractivity contribution in [3.8, 4) is 0 Å². The molecule has 1 N–H and O–H groups in total. The lowest BCUT2D eigenvalue weighted by molar-refractivity contribution is -0.138. The zero-order valence-electron chi connectivity index (χ0n) is 20.1. The quantitative estimate of drug-likeness (QED) is 0.365. The monoisotopic (exact) mass is 485 g/mol. The summed E-state index contributed by atoms with van der Waals surface area (Å²) in [6, 6.07) is 14.7. The van der Waals surface area contributed by atoms with Crippen LogP contribution < -0.4 is 0 Å². The van der Waals surface area contributed by atoms with Gasteiger partial charge in [-0.25, -0.2) is 4.39 Å². The van der Waals surface area contributed by atoms with Crippen LogP contribution in [0.2, 0.25) is 0 Å². The lowest BCUT2D eigenvalue weighted by Gasteiger charge is -2.22. The first-order valence-corrected chi connectivity index (χ1v) is 12.0. The second-order valence-electron chi connectivity index (χ2n) is 8.81. The van der Waals surface area contributed by atoms with E-state index < -0.39 is 10.7 Å². The highest BCUT2D eigenvalue weighted by Crippen LogP contribution is 2.32. The molecule has 1 aromatic heterocycles. The van der Waals surface area contributed by atoms with Gasteiger partial charge in [0.1, 0.15) is 10.6 Å². The second-order valence-corrected chi connectivity index (χ2v) is 10.5. The Hall–Kier alpha value is -2.68. The van der Waals surface area contributed by atoms with Crippen LogP contribution in [0.5, 0.6) is 0 Å². The summed E-state index contributed by atoms with van der Waals surface area (Å²) in [6.45, 7) is 8.48. The summed E-state index contributed by atoms with van der Waals surface area (Å²) in [5.74, 6) is -1.07. The van der Waals surface area contributed by atoms with Crippen molar-refractivity contribution in [2.75, 3.05) is 20.3 Å². The normalized spacial score (nSPS) is 11.8. The molecule has 3 aromatic rings. The van der Waals surface area contributed by atoms with Gasteiger partial charge in [0, 0.05) is 43.4 Å². The molecule has 0 aliphatic carbocycles. The number of thioether (sulfide) groups is 1. The maximum atomic E-state index is 14.0. The average Bonchev–Trinajstić information content (AvgIpc) is 3.13. The van der Waals surface area contributed by atoms with Gasteiger partial charge >= 0.3 is 5.97 Å². The minimum atomic E-state index is -0.884. The van der Waals surface area contributed by atoms with Gasteiger partial charge < -0.3 is 9.84 Å². The van der Waals surface area contributed by atoms with E-state index in [1.807, 2.05) is 43.5 Å². The fourth-order valence-electron chi connectivity index (χ4n) is 3.50. The van der Waals surface area contributed by atoms with Crippen LogP contribution in [-0.2, 0) is 29.2 Å². The smallest absolute Gasteiger partial charge is 0.319 e. The Balaban J connectivity index is 1.69. The summed E-state index contributed by atoms with van der Waals surface area (Å²) < 4.78 is 20.2. The van der Waals surface area contributed by atoms with Crippen molar-refractivity contribution in [2.45, 2.75) is 50.0 Å². The number of benzene rings is 2. The number of nitrogens with zero attached hydrogens (tertiary/aromatic N) is 3. The highest BCUT2D eigenvalue weighted by atomic mass is 32.2. The van der Waals surface area contributed by atoms with Crippen molar-refractivity contribution < 1.29 is 19.0 Å². The molecule has 6 nitrogen and oxygen atoms in total. The fourth-order valence-corrected chi connectivity index (χ4v) is 4.45. The van der Waals surface area contributed by atoms with Gasteiger partial charge in [-0.1, -0.05) is 30.3 Å². The second kappa shape index (κ2) is 11.6. The molecule has 0 fully saturated rings. The standard InChI is InChI=1S/C26H32FN3O3S/c1-19-15-30(17-21-7-5-6-8-23(21)27)28-24(19)18-29(13-14-33-4)16-20-9-11-22(12-10-20)34-26(2,3)25(31)32/h5-12,15H,13-14,16-18H2,1-4H3,(H,31,32). The number of hydrogen-bond acceptors (Lipinski definition) is 5. The molecular formula is C26H32FN3O3S. The highest BCUT2D eigenvalue weighted by molar-refractivity contribution is 8.01. The number of rotatable bonds is 12. The number of hydrogen-bond donors (Lipinski definition) is 1. The van der Waals surface area contributed by atoms with Crippen LogP contribution in [0.15, 0.2) is 59.6 Å². The Bertz CT molecular complexity index is 1100. The third-order valence-corrected chi connectivity index (χ3v) is 6.73. The Morgan fingerprint density at radius 3 is 2.53 bits per heavy atom. The van der Waals surface area contributed by atoms with Crippen molar-refractivity contribution in [3.05, 3.63) is 82.9 Å². The molecule has 0 bridgehead atoms. The van der Waals surface area contributed by atoms with Gasteiger partial charge in [0.2, 0.25) is 0 Å². The van der Waals surface area contributed by atoms with Crippen molar-refractivity contribution >= 4 is 17.7 Å². The van der Waals surface area contributed by atoms with E-state index >= 15 is 0 Å². The number of halogens is 1. The lowest BCUT2D eigenvalue weighted by atomic mass is 10.2. The summed E-state index contributed by atoms with van der Waals surface area (Å²) in [5, 5.41) is 14.1. The maximum absolute atomic E-state index is 14.0. The van der Waals surface area contributed by atoms with E-state index in [1.54, 1.807) is 37.8 Å². The van der Waals surface area contributed by atoms with Gasteiger partial charge in [-0.2, -0.15) is 5.10 Å². The minimum absolute atomic E-state index is 0.229. The summed E-state index contributed by atoms with van der Waals surface area (Å²) >= 11 is 1.33. The highest BCUT2D eigenvalue weighted by Gasteiger charge is 2.28. The molecule has 0 aliphatic rings. The van der Waals surface area contributed by atoms with Crippen LogP contribution in [-0.4, -0.2) is 50.8 Å². The van der Waals surface area contributed by atoms with Crippen molar-refractivity contribution in [1.29, 1.82) is 0 Å². The van der Waals surface area contributed by atoms with Gasteiger partial charge in [-0.15, -0.1) is 11.8 Å². The Labute approximate surface area is 204 Å². The molecule has 0 unspecified atom stereocenters. The molecule has 182 valence electrons. The number of methoxy groups -OCH3 is 1. The molecular weight excluding hydrogens is 453 g/mol. The van der Waals surface area contributed by atoms with Crippen LogP contribution >= 0.6 is 11.8 Å². The van der Waals surface area contributed by atoms with Crippen molar-refractivity contribution in [1.82, 2.24) is 14.7 Å². The van der Waals surface area contributed by atoms with Crippen molar-refractivity contribution in [3.63, 3.8) is 0 Å². The Kier molecular flexibility index (Phi) is 8.88. The van der Waals surface area contributed by atoms with E-state index in [-0.39, 0.29) is 5.82 Å². The molecule has 0 aliphatic heterocycles. The molecule has 0 amide bonds. The van der Waals surface area contributed by atoms with E-state index in [1.165, 1.54) is 17.8 Å². The summed E-state index contributed by atoms with van der Waals surface area (Å²) in [7, 11) is 1.68. The maximum Gasteiger partial charge on any atom is 0.319 e. The number of carboxylic acids is 1. The van der Waals surface area contributed by atoms with Gasteiger partial charge in [0.25, 0.3) is 0 Å². The Morgan fingerprint density at radius 2 is 1.88 bits per heavy atom. The van der Waals surface area contributed by atoms with E-state index in [9.17, 15) is 14.3 Å². The molecule has 0 saturated heterocycles. The largest absolute Gasteiger partial charge is 0.480 e. The predicted molar refractivity (Wildman–Crippen MR) is 132 cm³/mol. The molecule has 34 heavy (non-hydrogen) atoms. The van der Waals surface area contributed by atoms with Crippen LogP contribution in [0.1, 0.15) is 36.2 Å². The SMILES string of the molecule is COCCN(Cc1ccc(SC(C)(C)C(=O)O)cc1)Cc1nn(Cc2ccccc2F)cc1C. The first-order chi connectivity index (χ1) is 16.2. The van der Waals surface area contributed by atoms with E-state index in [2.05, 4.69) is 4.90 Å². The van der Waals surface area contributed by atoms with Gasteiger partial charge in [0.05, 0.1) is 18.8 Å². The number of aliphatic carboxylic acids is 1. The van der Waals surface area contributed by atoms with E-state index in [0.29, 0.717) is 31.8 Å². The fraction of sp³-hybridized carbons (Fsp3) is 0.385. The zero-order valence-corrected chi connectivity index (χ0v) is 20.9. The van der Waals surface area contributed by atoms with Gasteiger partial charge in [0.15, 0.2) is 0 Å². The number of carboxylic acid groups (broad SMARTS) is 1. The number of carbonyl (C=O) groups is 1. The topological polar surface area (TPSA) is 67.6 Å². The molecule has 0 radical (unpaired) electrons. The summed E-state index contributed by atoms with van der Waals surface area (Å²) in [4.78, 5) is 14.6. The molecule has 2 aromatic carbocycles. The van der Waals surface area contributed by atoms with Crippen LogP contribution in [0, 0.1) is 12.7 Å².